The normalized spacial score (nSPS) is 13.0. The van der Waals surface area contributed by atoms with Crippen molar-refractivity contribution in [2.45, 2.75) is 66.1 Å². The van der Waals surface area contributed by atoms with Crippen LogP contribution in [0.15, 0.2) is 146 Å². The monoisotopic (exact) mass is 734 g/mol. The Morgan fingerprint density at radius 3 is 1.95 bits per heavy atom. The second-order valence-electron chi connectivity index (χ2n) is 16.8. The summed E-state index contributed by atoms with van der Waals surface area (Å²) in [5, 5.41) is 11.9. The lowest BCUT2D eigenvalue weighted by molar-refractivity contribution is 0.471. The summed E-state index contributed by atoms with van der Waals surface area (Å²) < 4.78 is 27.0. The van der Waals surface area contributed by atoms with Gasteiger partial charge in [-0.3, -0.25) is 9.55 Å². The van der Waals surface area contributed by atoms with Crippen LogP contribution in [0.1, 0.15) is 67.9 Å². The van der Waals surface area contributed by atoms with Gasteiger partial charge in [-0.1, -0.05) is 138 Å². The smallest absolute Gasteiger partial charge is 0.149 e. The molecule has 0 saturated carbocycles. The highest BCUT2D eigenvalue weighted by molar-refractivity contribution is 5.98. The van der Waals surface area contributed by atoms with Crippen LogP contribution in [0.5, 0.6) is 5.75 Å². The topological polar surface area (TPSA) is 50.9 Å². The first-order valence-corrected chi connectivity index (χ1v) is 19.2. The minimum absolute atomic E-state index is 0.151. The minimum Gasteiger partial charge on any atom is -0.507 e. The number of nitrogens with zero attached hydrogens (tertiary/aromatic N) is 3. The van der Waals surface area contributed by atoms with E-state index in [1.54, 1.807) is 12.1 Å². The zero-order chi connectivity index (χ0) is 41.9. The Hall–Kier alpha value is -6.26. The number of hydrogen-bond donors (Lipinski definition) is 1. The Bertz CT molecular complexity index is 2840. The fraction of sp³-hybridized carbons (Fsp3) is 0.192. The van der Waals surface area contributed by atoms with E-state index in [2.05, 4.69) is 94.6 Å². The summed E-state index contributed by atoms with van der Waals surface area (Å²) in [6, 6.07) is 46.7. The predicted octanol–water partition coefficient (Wildman–Crippen LogP) is 13.7. The van der Waals surface area contributed by atoms with Crippen molar-refractivity contribution in [3.63, 3.8) is 0 Å². The molecule has 0 fully saturated rings. The van der Waals surface area contributed by atoms with E-state index in [1.165, 1.54) is 0 Å². The molecule has 6 aromatic carbocycles. The van der Waals surface area contributed by atoms with Crippen LogP contribution in [-0.4, -0.2) is 19.6 Å². The van der Waals surface area contributed by atoms with Gasteiger partial charge in [-0.15, -0.1) is 0 Å². The van der Waals surface area contributed by atoms with Crippen LogP contribution in [0.25, 0.3) is 72.7 Å². The molecule has 8 aromatic rings. The summed E-state index contributed by atoms with van der Waals surface area (Å²) in [4.78, 5) is 10.4. The molecule has 278 valence electrons. The van der Waals surface area contributed by atoms with Crippen LogP contribution in [0.3, 0.4) is 0 Å². The molecule has 0 radical (unpaired) electrons. The maximum Gasteiger partial charge on any atom is 0.149 e. The van der Waals surface area contributed by atoms with Crippen molar-refractivity contribution in [3.8, 4) is 67.5 Å². The van der Waals surface area contributed by atoms with E-state index >= 15 is 0 Å². The molecule has 0 bridgehead atoms. The van der Waals surface area contributed by atoms with Gasteiger partial charge in [0.15, 0.2) is 0 Å². The number of para-hydroxylation sites is 1. The number of phenolic OH excluding ortho intramolecular Hbond substituents is 1. The number of imidazole rings is 1. The summed E-state index contributed by atoms with van der Waals surface area (Å²) in [7, 11) is 0. The molecule has 1 N–H and O–H groups in total. The van der Waals surface area contributed by atoms with Crippen molar-refractivity contribution in [3.05, 3.63) is 168 Å². The first-order valence-electron chi connectivity index (χ1n) is 20.7. The van der Waals surface area contributed by atoms with Crippen molar-refractivity contribution >= 4 is 11.0 Å². The standard InChI is InChI=1S/C52H49N3O/c1-33-22-23-46(43(26-33)36-18-13-10-14-19-36)55-47-21-15-20-42(48(47)54-50(55)44-32-40(51(3,4)5)27-34(2)49(44)56)38-28-39(30-41(29-38)52(6,7)8)45-31-37(24-25-53-45)35-16-11-9-12-17-35/h9-32,56H,1-8H3/i1D3. The van der Waals surface area contributed by atoms with Crippen LogP contribution < -0.4 is 0 Å². The van der Waals surface area contributed by atoms with Crippen LogP contribution in [0, 0.1) is 13.8 Å². The molecule has 0 saturated heterocycles. The molecule has 0 aliphatic carbocycles. The number of fused-ring (bicyclic) bond motifs is 1. The van der Waals surface area contributed by atoms with Crippen molar-refractivity contribution < 1.29 is 9.22 Å². The second kappa shape index (κ2) is 14.1. The van der Waals surface area contributed by atoms with Crippen molar-refractivity contribution in [2.75, 3.05) is 0 Å². The maximum absolute atomic E-state index is 11.9. The third kappa shape index (κ3) is 6.92. The SMILES string of the molecule is [2H]C([2H])([2H])c1ccc(-n2c(-c3cc(C(C)(C)C)cc(C)c3O)nc3c(-c4cc(-c5cc(-c6ccccc6)ccn5)cc(C(C)(C)C)c4)cccc32)c(-c2ccccc2)c1. The third-order valence-corrected chi connectivity index (χ3v) is 10.7. The van der Waals surface area contributed by atoms with Gasteiger partial charge in [-0.2, -0.15) is 0 Å². The molecule has 2 aromatic heterocycles. The Morgan fingerprint density at radius 2 is 1.25 bits per heavy atom. The van der Waals surface area contributed by atoms with Gasteiger partial charge in [0.05, 0.1) is 28.0 Å². The van der Waals surface area contributed by atoms with Crippen molar-refractivity contribution in [1.82, 2.24) is 14.5 Å². The molecule has 2 heterocycles. The maximum atomic E-state index is 11.9. The van der Waals surface area contributed by atoms with E-state index in [-0.39, 0.29) is 22.1 Å². The predicted molar refractivity (Wildman–Crippen MR) is 235 cm³/mol. The molecular weight excluding hydrogens is 683 g/mol. The highest BCUT2D eigenvalue weighted by Crippen LogP contribution is 2.43. The molecule has 8 rings (SSSR count). The lowest BCUT2D eigenvalue weighted by Crippen LogP contribution is -2.12. The molecule has 0 spiro atoms. The van der Waals surface area contributed by atoms with Crippen LogP contribution in [-0.2, 0) is 10.8 Å². The molecule has 0 aliphatic heterocycles. The lowest BCUT2D eigenvalue weighted by atomic mass is 9.83. The van der Waals surface area contributed by atoms with Crippen molar-refractivity contribution in [2.24, 2.45) is 0 Å². The summed E-state index contributed by atoms with van der Waals surface area (Å²) in [5.74, 6) is 0.709. The van der Waals surface area contributed by atoms with Crippen LogP contribution in [0.4, 0.5) is 0 Å². The van der Waals surface area contributed by atoms with E-state index in [4.69, 9.17) is 14.1 Å². The fourth-order valence-electron chi connectivity index (χ4n) is 7.48. The molecular formula is C52H49N3O. The fourth-order valence-corrected chi connectivity index (χ4v) is 7.48. The largest absolute Gasteiger partial charge is 0.507 e. The zero-order valence-corrected chi connectivity index (χ0v) is 33.1. The number of rotatable bonds is 6. The van der Waals surface area contributed by atoms with Gasteiger partial charge in [-0.25, -0.2) is 4.98 Å². The van der Waals surface area contributed by atoms with E-state index in [0.29, 0.717) is 11.4 Å². The second-order valence-corrected chi connectivity index (χ2v) is 16.8. The first-order chi connectivity index (χ1) is 28.0. The molecule has 4 nitrogen and oxygen atoms in total. The first kappa shape index (κ1) is 33.1. The number of aryl methyl sites for hydroxylation is 2. The van der Waals surface area contributed by atoms with Gasteiger partial charge in [0.25, 0.3) is 0 Å². The Morgan fingerprint density at radius 1 is 0.571 bits per heavy atom. The van der Waals surface area contributed by atoms with Gasteiger partial charge < -0.3 is 5.11 Å². The average molecular weight is 735 g/mol. The Labute approximate surface area is 335 Å². The number of pyridine rings is 1. The summed E-state index contributed by atoms with van der Waals surface area (Å²) in [6.07, 6.45) is 1.87. The van der Waals surface area contributed by atoms with Gasteiger partial charge in [0.2, 0.25) is 0 Å². The van der Waals surface area contributed by atoms with Crippen molar-refractivity contribution in [1.29, 1.82) is 0 Å². The number of benzene rings is 6. The average Bonchev–Trinajstić information content (AvgIpc) is 3.60. The highest BCUT2D eigenvalue weighted by Gasteiger charge is 2.26. The number of aromatic hydroxyl groups is 1. The molecule has 0 aliphatic rings. The van der Waals surface area contributed by atoms with Gasteiger partial charge in [0, 0.05) is 27.0 Å². The Kier molecular flexibility index (Phi) is 8.34. The molecule has 56 heavy (non-hydrogen) atoms. The van der Waals surface area contributed by atoms with E-state index in [9.17, 15) is 5.11 Å². The Balaban J connectivity index is 1.44. The minimum atomic E-state index is -2.31. The molecule has 0 atom stereocenters. The van der Waals surface area contributed by atoms with Crippen LogP contribution >= 0.6 is 0 Å². The van der Waals surface area contributed by atoms with E-state index in [0.717, 1.165) is 78.0 Å². The van der Waals surface area contributed by atoms with Gasteiger partial charge >= 0.3 is 0 Å². The number of phenols is 1. The summed E-state index contributed by atoms with van der Waals surface area (Å²) in [6.45, 7) is 12.8. The van der Waals surface area contributed by atoms with Crippen LogP contribution in [0.2, 0.25) is 0 Å². The summed E-state index contributed by atoms with van der Waals surface area (Å²) in [5.41, 5.74) is 13.4. The third-order valence-electron chi connectivity index (χ3n) is 10.7. The van der Waals surface area contributed by atoms with E-state index in [1.807, 2.05) is 92.0 Å². The molecule has 4 heteroatoms. The molecule has 0 unspecified atom stereocenters. The highest BCUT2D eigenvalue weighted by atomic mass is 16.3. The number of aromatic nitrogens is 3. The molecule has 0 amide bonds. The van der Waals surface area contributed by atoms with E-state index < -0.39 is 6.85 Å². The number of hydrogen-bond acceptors (Lipinski definition) is 3. The summed E-state index contributed by atoms with van der Waals surface area (Å²) >= 11 is 0. The van der Waals surface area contributed by atoms with Gasteiger partial charge in [0.1, 0.15) is 11.6 Å². The quantitative estimate of drug-likeness (QED) is 0.185. The zero-order valence-electron chi connectivity index (χ0n) is 36.1. The van der Waals surface area contributed by atoms with Gasteiger partial charge in [-0.05, 0) is 112 Å². The lowest BCUT2D eigenvalue weighted by Gasteiger charge is -2.22.